The number of hydrogen-bond donors (Lipinski definition) is 1. The van der Waals surface area contributed by atoms with E-state index < -0.39 is 0 Å². The van der Waals surface area contributed by atoms with Gasteiger partial charge in [0, 0.05) is 25.8 Å². The van der Waals surface area contributed by atoms with E-state index in [1.165, 1.54) is 32.1 Å². The molecule has 0 aromatic heterocycles. The lowest BCUT2D eigenvalue weighted by Gasteiger charge is -2.29. The highest BCUT2D eigenvalue weighted by Gasteiger charge is 2.27. The van der Waals surface area contributed by atoms with Gasteiger partial charge in [-0.05, 0) is 50.9 Å². The van der Waals surface area contributed by atoms with Crippen LogP contribution < -0.4 is 5.32 Å². The van der Waals surface area contributed by atoms with E-state index in [0.717, 1.165) is 12.5 Å². The molecule has 1 aliphatic carbocycles. The van der Waals surface area contributed by atoms with Gasteiger partial charge < -0.3 is 14.8 Å². The highest BCUT2D eigenvalue weighted by molar-refractivity contribution is 4.81. The van der Waals surface area contributed by atoms with Gasteiger partial charge in [0.1, 0.15) is 0 Å². The van der Waals surface area contributed by atoms with Gasteiger partial charge in [0.15, 0.2) is 6.29 Å². The van der Waals surface area contributed by atoms with E-state index in [0.29, 0.717) is 24.7 Å². The second-order valence-electron chi connectivity index (χ2n) is 7.02. The van der Waals surface area contributed by atoms with Crippen LogP contribution in [0, 0.1) is 11.3 Å². The third kappa shape index (κ3) is 6.55. The van der Waals surface area contributed by atoms with Crippen molar-refractivity contribution in [3.8, 4) is 0 Å². The molecule has 0 radical (unpaired) electrons. The molecule has 120 valence electrons. The summed E-state index contributed by atoms with van der Waals surface area (Å²) in [6.07, 6.45) is 6.54. The Morgan fingerprint density at radius 1 is 1.00 bits per heavy atom. The Morgan fingerprint density at radius 3 is 2.20 bits per heavy atom. The van der Waals surface area contributed by atoms with Crippen LogP contribution in [0.2, 0.25) is 0 Å². The molecule has 1 N–H and O–H groups in total. The maximum absolute atomic E-state index is 5.60. The van der Waals surface area contributed by atoms with Crippen molar-refractivity contribution in [2.45, 2.75) is 79.1 Å². The van der Waals surface area contributed by atoms with Gasteiger partial charge in [-0.3, -0.25) is 0 Å². The van der Waals surface area contributed by atoms with Crippen molar-refractivity contribution in [1.29, 1.82) is 0 Å². The van der Waals surface area contributed by atoms with E-state index in [-0.39, 0.29) is 6.29 Å². The molecule has 3 heteroatoms. The van der Waals surface area contributed by atoms with Crippen LogP contribution in [0.5, 0.6) is 0 Å². The Morgan fingerprint density at radius 2 is 1.65 bits per heavy atom. The van der Waals surface area contributed by atoms with Gasteiger partial charge in [-0.15, -0.1) is 0 Å². The lowest BCUT2D eigenvalue weighted by molar-refractivity contribution is -0.133. The van der Waals surface area contributed by atoms with E-state index in [9.17, 15) is 0 Å². The highest BCUT2D eigenvalue weighted by Crippen LogP contribution is 2.36. The summed E-state index contributed by atoms with van der Waals surface area (Å²) < 4.78 is 11.2. The number of rotatable bonds is 7. The molecule has 2 unspecified atom stereocenters. The molecule has 0 spiro atoms. The largest absolute Gasteiger partial charge is 0.352 e. The Hall–Kier alpha value is -0.120. The van der Waals surface area contributed by atoms with Crippen LogP contribution in [0.25, 0.3) is 0 Å². The van der Waals surface area contributed by atoms with Crippen molar-refractivity contribution in [3.63, 3.8) is 0 Å². The molecule has 2 atom stereocenters. The topological polar surface area (TPSA) is 30.5 Å². The molecule has 0 amide bonds. The normalized spacial score (nSPS) is 24.9. The maximum atomic E-state index is 5.60. The molecule has 0 aliphatic heterocycles. The monoisotopic (exact) mass is 285 g/mol. The average Bonchev–Trinajstić information content (AvgIpc) is 2.61. The van der Waals surface area contributed by atoms with Crippen molar-refractivity contribution in [2.75, 3.05) is 19.8 Å². The molecule has 1 rings (SSSR count). The number of ether oxygens (including phenoxy) is 2. The fourth-order valence-corrected chi connectivity index (χ4v) is 3.17. The van der Waals surface area contributed by atoms with Crippen molar-refractivity contribution in [3.05, 3.63) is 0 Å². The van der Waals surface area contributed by atoms with Gasteiger partial charge in [-0.25, -0.2) is 0 Å². The van der Waals surface area contributed by atoms with Crippen LogP contribution in [0.4, 0.5) is 0 Å². The van der Waals surface area contributed by atoms with Gasteiger partial charge >= 0.3 is 0 Å². The highest BCUT2D eigenvalue weighted by atomic mass is 16.7. The predicted molar refractivity (Wildman–Crippen MR) is 84.9 cm³/mol. The van der Waals surface area contributed by atoms with Crippen LogP contribution >= 0.6 is 0 Å². The molecule has 0 aromatic carbocycles. The lowest BCUT2D eigenvalue weighted by atomic mass is 9.76. The van der Waals surface area contributed by atoms with Crippen LogP contribution in [-0.4, -0.2) is 32.1 Å². The fourth-order valence-electron chi connectivity index (χ4n) is 3.17. The summed E-state index contributed by atoms with van der Waals surface area (Å²) in [5.41, 5.74) is 0.452. The number of hydrogen-bond acceptors (Lipinski definition) is 3. The van der Waals surface area contributed by atoms with Crippen LogP contribution in [-0.2, 0) is 9.47 Å². The predicted octanol–water partition coefficient (Wildman–Crippen LogP) is 3.97. The van der Waals surface area contributed by atoms with Crippen LogP contribution in [0.3, 0.4) is 0 Å². The molecule has 0 aromatic rings. The van der Waals surface area contributed by atoms with E-state index in [4.69, 9.17) is 9.47 Å². The van der Waals surface area contributed by atoms with E-state index >= 15 is 0 Å². The van der Waals surface area contributed by atoms with Gasteiger partial charge in [-0.1, -0.05) is 27.2 Å². The van der Waals surface area contributed by atoms with Crippen LogP contribution in [0.1, 0.15) is 66.7 Å². The molecular formula is C17H35NO2. The van der Waals surface area contributed by atoms with Gasteiger partial charge in [-0.2, -0.15) is 0 Å². The average molecular weight is 285 g/mol. The summed E-state index contributed by atoms with van der Waals surface area (Å²) in [7, 11) is 0. The summed E-state index contributed by atoms with van der Waals surface area (Å²) in [5, 5.41) is 3.65. The zero-order chi connectivity index (χ0) is 15.0. The smallest absolute Gasteiger partial charge is 0.169 e. The molecule has 0 saturated heterocycles. The molecule has 1 aliphatic rings. The molecule has 3 nitrogen and oxygen atoms in total. The first-order chi connectivity index (χ1) is 9.47. The maximum Gasteiger partial charge on any atom is 0.169 e. The van der Waals surface area contributed by atoms with Gasteiger partial charge in [0.05, 0.1) is 0 Å². The van der Waals surface area contributed by atoms with Crippen molar-refractivity contribution in [1.82, 2.24) is 5.32 Å². The van der Waals surface area contributed by atoms with Crippen molar-refractivity contribution >= 4 is 0 Å². The van der Waals surface area contributed by atoms with Gasteiger partial charge in [0.2, 0.25) is 0 Å². The zero-order valence-electron chi connectivity index (χ0n) is 14.2. The minimum absolute atomic E-state index is 0.0910. The standard InChI is InChI=1S/C17H35NO2/c1-6-19-16(20-7-2)13-18-15-10-8-9-14(11-12-15)17(3,4)5/h14-16,18H,6-13H2,1-5H3. The Bertz CT molecular complexity index is 244. The second kappa shape index (κ2) is 9.01. The minimum atomic E-state index is -0.0910. The summed E-state index contributed by atoms with van der Waals surface area (Å²) in [6, 6.07) is 0.630. The first-order valence-electron chi connectivity index (χ1n) is 8.44. The fraction of sp³-hybridized carbons (Fsp3) is 1.00. The molecule has 0 bridgehead atoms. The first-order valence-corrected chi connectivity index (χ1v) is 8.44. The second-order valence-corrected chi connectivity index (χ2v) is 7.02. The molecule has 1 fully saturated rings. The zero-order valence-corrected chi connectivity index (χ0v) is 14.2. The van der Waals surface area contributed by atoms with Crippen molar-refractivity contribution < 1.29 is 9.47 Å². The molecule has 0 heterocycles. The Labute approximate surface area is 125 Å². The molecule has 20 heavy (non-hydrogen) atoms. The van der Waals surface area contributed by atoms with E-state index in [1.54, 1.807) is 0 Å². The Balaban J connectivity index is 2.34. The molecular weight excluding hydrogens is 250 g/mol. The number of nitrogens with one attached hydrogen (secondary N) is 1. The summed E-state index contributed by atoms with van der Waals surface area (Å²) in [5.74, 6) is 0.865. The summed E-state index contributed by atoms with van der Waals surface area (Å²) in [6.45, 7) is 13.4. The van der Waals surface area contributed by atoms with Gasteiger partial charge in [0.25, 0.3) is 0 Å². The van der Waals surface area contributed by atoms with Crippen LogP contribution in [0.15, 0.2) is 0 Å². The first kappa shape index (κ1) is 17.9. The molecule has 1 saturated carbocycles. The van der Waals surface area contributed by atoms with E-state index in [1.807, 2.05) is 13.8 Å². The summed E-state index contributed by atoms with van der Waals surface area (Å²) in [4.78, 5) is 0. The third-order valence-electron chi connectivity index (χ3n) is 4.47. The van der Waals surface area contributed by atoms with Crippen molar-refractivity contribution in [2.24, 2.45) is 11.3 Å². The lowest BCUT2D eigenvalue weighted by Crippen LogP contribution is -2.38. The minimum Gasteiger partial charge on any atom is -0.352 e. The summed E-state index contributed by atoms with van der Waals surface area (Å²) >= 11 is 0. The SMILES string of the molecule is CCOC(CNC1CCCC(C(C)(C)C)CC1)OCC. The van der Waals surface area contributed by atoms with E-state index in [2.05, 4.69) is 26.1 Å². The quantitative estimate of drug-likeness (QED) is 0.567. The third-order valence-corrected chi connectivity index (χ3v) is 4.47. The Kier molecular flexibility index (Phi) is 8.08.